The zero-order valence-electron chi connectivity index (χ0n) is 8.38. The lowest BCUT2D eigenvalue weighted by molar-refractivity contribution is -0.138. The predicted octanol–water partition coefficient (Wildman–Crippen LogP) is 1.66. The number of ether oxygens (including phenoxy) is 1. The lowest BCUT2D eigenvalue weighted by Crippen LogP contribution is -2.14. The van der Waals surface area contributed by atoms with Crippen LogP contribution in [-0.4, -0.2) is 23.8 Å². The van der Waals surface area contributed by atoms with E-state index in [2.05, 4.69) is 6.58 Å². The number of aliphatic hydroxyl groups excluding tert-OH is 1. The van der Waals surface area contributed by atoms with Crippen molar-refractivity contribution in [2.75, 3.05) is 6.61 Å². The number of hydrogen-bond acceptors (Lipinski definition) is 3. The van der Waals surface area contributed by atoms with E-state index in [-0.39, 0.29) is 0 Å². The minimum atomic E-state index is -0.470. The first-order valence-electron chi connectivity index (χ1n) is 4.64. The average molecular weight is 186 g/mol. The Balaban J connectivity index is 3.78. The third-order valence-corrected chi connectivity index (χ3v) is 1.67. The zero-order chi connectivity index (χ0) is 10.3. The molecule has 0 fully saturated rings. The summed E-state index contributed by atoms with van der Waals surface area (Å²) in [5.74, 6) is -0.405. The fourth-order valence-corrected chi connectivity index (χ4v) is 1.04. The van der Waals surface area contributed by atoms with Crippen LogP contribution in [0.25, 0.3) is 0 Å². The highest BCUT2D eigenvalue weighted by Gasteiger charge is 2.12. The third-order valence-electron chi connectivity index (χ3n) is 1.67. The highest BCUT2D eigenvalue weighted by Crippen LogP contribution is 2.09. The van der Waals surface area contributed by atoms with Crippen molar-refractivity contribution < 1.29 is 14.6 Å². The van der Waals surface area contributed by atoms with Gasteiger partial charge in [-0.15, -0.1) is 0 Å². The first kappa shape index (κ1) is 12.2. The monoisotopic (exact) mass is 186 g/mol. The Bertz CT molecular complexity index is 175. The Morgan fingerprint density at radius 3 is 2.62 bits per heavy atom. The van der Waals surface area contributed by atoms with E-state index in [4.69, 9.17) is 4.74 Å². The molecular formula is C10H18O3. The van der Waals surface area contributed by atoms with Gasteiger partial charge in [0, 0.05) is 12.0 Å². The molecular weight excluding hydrogens is 168 g/mol. The summed E-state index contributed by atoms with van der Waals surface area (Å²) in [6.07, 6.45) is 1.43. The van der Waals surface area contributed by atoms with Gasteiger partial charge in [-0.2, -0.15) is 0 Å². The molecule has 1 N–H and O–H groups in total. The van der Waals surface area contributed by atoms with Crippen molar-refractivity contribution >= 4 is 5.97 Å². The maximum Gasteiger partial charge on any atom is 0.333 e. The van der Waals surface area contributed by atoms with Gasteiger partial charge in [0.2, 0.25) is 0 Å². The molecule has 0 saturated carbocycles. The summed E-state index contributed by atoms with van der Waals surface area (Å²) >= 11 is 0. The molecule has 0 aliphatic heterocycles. The molecule has 0 aliphatic rings. The van der Waals surface area contributed by atoms with Crippen LogP contribution in [0.5, 0.6) is 0 Å². The van der Waals surface area contributed by atoms with E-state index < -0.39 is 12.1 Å². The maximum atomic E-state index is 11.0. The largest absolute Gasteiger partial charge is 0.463 e. The van der Waals surface area contributed by atoms with E-state index in [9.17, 15) is 9.90 Å². The number of carbonyl (C=O) groups is 1. The van der Waals surface area contributed by atoms with Gasteiger partial charge in [-0.05, 0) is 13.3 Å². The molecule has 1 atom stereocenters. The van der Waals surface area contributed by atoms with E-state index >= 15 is 0 Å². The molecule has 3 nitrogen and oxygen atoms in total. The fraction of sp³-hybridized carbons (Fsp3) is 0.700. The van der Waals surface area contributed by atoms with Gasteiger partial charge in [-0.3, -0.25) is 0 Å². The van der Waals surface area contributed by atoms with Gasteiger partial charge in [0.1, 0.15) is 0 Å². The second kappa shape index (κ2) is 6.66. The summed E-state index contributed by atoms with van der Waals surface area (Å²) in [5.41, 5.74) is 0.350. The van der Waals surface area contributed by atoms with Gasteiger partial charge < -0.3 is 9.84 Å². The quantitative estimate of drug-likeness (QED) is 0.507. The standard InChI is InChI=1S/C10H18O3/c1-4-6-9(11)7-8(3)10(12)13-5-2/h9,11H,3-7H2,1-2H3. The van der Waals surface area contributed by atoms with Crippen molar-refractivity contribution in [1.29, 1.82) is 0 Å². The van der Waals surface area contributed by atoms with E-state index in [1.807, 2.05) is 6.92 Å². The van der Waals surface area contributed by atoms with Crippen molar-refractivity contribution in [2.24, 2.45) is 0 Å². The summed E-state index contributed by atoms with van der Waals surface area (Å²) in [7, 11) is 0. The summed E-state index contributed by atoms with van der Waals surface area (Å²) in [6.45, 7) is 7.64. The minimum absolute atomic E-state index is 0.312. The van der Waals surface area contributed by atoms with Crippen LogP contribution in [-0.2, 0) is 9.53 Å². The molecule has 0 amide bonds. The Labute approximate surface area is 79.4 Å². The SMILES string of the molecule is C=C(CC(O)CCC)C(=O)OCC. The van der Waals surface area contributed by atoms with Crippen molar-refractivity contribution in [3.8, 4) is 0 Å². The van der Waals surface area contributed by atoms with E-state index in [0.29, 0.717) is 25.0 Å². The van der Waals surface area contributed by atoms with Gasteiger partial charge in [0.25, 0.3) is 0 Å². The van der Waals surface area contributed by atoms with Gasteiger partial charge >= 0.3 is 5.97 Å². The molecule has 0 aromatic heterocycles. The van der Waals surface area contributed by atoms with Crippen LogP contribution < -0.4 is 0 Å². The fourth-order valence-electron chi connectivity index (χ4n) is 1.04. The number of carbonyl (C=O) groups excluding carboxylic acids is 1. The van der Waals surface area contributed by atoms with Crippen molar-refractivity contribution in [3.05, 3.63) is 12.2 Å². The molecule has 0 saturated heterocycles. The highest BCUT2D eigenvalue weighted by atomic mass is 16.5. The van der Waals surface area contributed by atoms with Crippen molar-refractivity contribution in [1.82, 2.24) is 0 Å². The van der Waals surface area contributed by atoms with Crippen molar-refractivity contribution in [3.63, 3.8) is 0 Å². The summed E-state index contributed by atoms with van der Waals surface area (Å²) in [4.78, 5) is 11.0. The Morgan fingerprint density at radius 2 is 2.15 bits per heavy atom. The van der Waals surface area contributed by atoms with E-state index in [0.717, 1.165) is 6.42 Å². The van der Waals surface area contributed by atoms with Gasteiger partial charge in [-0.1, -0.05) is 19.9 Å². The second-order valence-corrected chi connectivity index (χ2v) is 2.97. The normalized spacial score (nSPS) is 12.2. The number of rotatable bonds is 6. The zero-order valence-corrected chi connectivity index (χ0v) is 8.38. The maximum absolute atomic E-state index is 11.0. The Kier molecular flexibility index (Phi) is 6.24. The average Bonchev–Trinajstić information content (AvgIpc) is 2.05. The van der Waals surface area contributed by atoms with Crippen LogP contribution in [0, 0.1) is 0 Å². The molecule has 0 aromatic rings. The van der Waals surface area contributed by atoms with Crippen LogP contribution in [0.1, 0.15) is 33.1 Å². The second-order valence-electron chi connectivity index (χ2n) is 2.97. The van der Waals surface area contributed by atoms with Crippen LogP contribution in [0.4, 0.5) is 0 Å². The van der Waals surface area contributed by atoms with Gasteiger partial charge in [0.15, 0.2) is 0 Å². The van der Waals surface area contributed by atoms with Gasteiger partial charge in [0.05, 0.1) is 12.7 Å². The van der Waals surface area contributed by atoms with Crippen LogP contribution in [0.2, 0.25) is 0 Å². The molecule has 13 heavy (non-hydrogen) atoms. The summed E-state index contributed by atoms with van der Waals surface area (Å²) < 4.78 is 4.73. The first-order chi connectivity index (χ1) is 6.11. The van der Waals surface area contributed by atoms with E-state index in [1.54, 1.807) is 6.92 Å². The molecule has 76 valence electrons. The molecule has 3 heteroatoms. The van der Waals surface area contributed by atoms with Crippen LogP contribution in [0.15, 0.2) is 12.2 Å². The van der Waals surface area contributed by atoms with Crippen LogP contribution >= 0.6 is 0 Å². The molecule has 0 heterocycles. The lowest BCUT2D eigenvalue weighted by atomic mass is 10.1. The van der Waals surface area contributed by atoms with Crippen LogP contribution in [0.3, 0.4) is 0 Å². The Hall–Kier alpha value is -0.830. The molecule has 1 unspecified atom stereocenters. The third kappa shape index (κ3) is 5.42. The predicted molar refractivity (Wildman–Crippen MR) is 51.3 cm³/mol. The minimum Gasteiger partial charge on any atom is -0.463 e. The smallest absolute Gasteiger partial charge is 0.333 e. The molecule has 0 radical (unpaired) electrons. The molecule has 0 rings (SSSR count). The highest BCUT2D eigenvalue weighted by molar-refractivity contribution is 5.87. The van der Waals surface area contributed by atoms with Crippen molar-refractivity contribution in [2.45, 2.75) is 39.2 Å². The Morgan fingerprint density at radius 1 is 1.54 bits per heavy atom. The molecule has 0 aliphatic carbocycles. The van der Waals surface area contributed by atoms with E-state index in [1.165, 1.54) is 0 Å². The molecule has 0 spiro atoms. The molecule has 0 bridgehead atoms. The number of hydrogen-bond donors (Lipinski definition) is 1. The van der Waals surface area contributed by atoms with Gasteiger partial charge in [-0.25, -0.2) is 4.79 Å². The number of aliphatic hydroxyl groups is 1. The first-order valence-corrected chi connectivity index (χ1v) is 4.64. The molecule has 0 aromatic carbocycles. The summed E-state index contributed by atoms with van der Waals surface area (Å²) in [5, 5.41) is 9.37. The topological polar surface area (TPSA) is 46.5 Å². The summed E-state index contributed by atoms with van der Waals surface area (Å²) in [6, 6.07) is 0. The number of esters is 1. The lowest BCUT2D eigenvalue weighted by Gasteiger charge is -2.10.